The molecule has 4 rings (SSSR count). The maximum absolute atomic E-state index is 12.7. The Labute approximate surface area is 158 Å². The van der Waals surface area contributed by atoms with Gasteiger partial charge in [-0.2, -0.15) is 0 Å². The first-order chi connectivity index (χ1) is 13.1. The van der Waals surface area contributed by atoms with E-state index in [2.05, 4.69) is 5.32 Å². The molecule has 27 heavy (non-hydrogen) atoms. The average molecular weight is 365 g/mol. The van der Waals surface area contributed by atoms with Crippen LogP contribution in [0.25, 0.3) is 0 Å². The monoisotopic (exact) mass is 365 g/mol. The number of urea groups is 1. The highest BCUT2D eigenvalue weighted by Crippen LogP contribution is 2.28. The number of nitrogens with zero attached hydrogens (tertiary/aromatic N) is 2. The molecule has 2 heterocycles. The number of hydrogen-bond donors (Lipinski definition) is 1. The summed E-state index contributed by atoms with van der Waals surface area (Å²) >= 11 is 0. The van der Waals surface area contributed by atoms with E-state index in [0.717, 1.165) is 22.6 Å². The molecule has 6 heteroatoms. The molecule has 0 saturated carbocycles. The van der Waals surface area contributed by atoms with Crippen LogP contribution in [0.3, 0.4) is 0 Å². The first-order valence-corrected chi connectivity index (χ1v) is 9.27. The lowest BCUT2D eigenvalue weighted by atomic mass is 10.2. The Kier molecular flexibility index (Phi) is 4.71. The molecule has 0 aromatic heterocycles. The van der Waals surface area contributed by atoms with E-state index < -0.39 is 0 Å². The van der Waals surface area contributed by atoms with Crippen LogP contribution in [-0.2, 0) is 17.8 Å². The van der Waals surface area contributed by atoms with Crippen LogP contribution in [0.4, 0.5) is 10.5 Å². The number of anilines is 1. The maximum Gasteiger partial charge on any atom is 0.318 e. The summed E-state index contributed by atoms with van der Waals surface area (Å²) in [5.74, 6) is 0.912. The van der Waals surface area contributed by atoms with Gasteiger partial charge in [-0.25, -0.2) is 4.79 Å². The molecule has 0 radical (unpaired) electrons. The number of para-hydroxylation sites is 2. The van der Waals surface area contributed by atoms with Crippen LogP contribution in [-0.4, -0.2) is 42.6 Å². The molecule has 2 aliphatic heterocycles. The summed E-state index contributed by atoms with van der Waals surface area (Å²) in [4.78, 5) is 28.5. The summed E-state index contributed by atoms with van der Waals surface area (Å²) in [6, 6.07) is 15.4. The van der Waals surface area contributed by atoms with Gasteiger partial charge < -0.3 is 19.9 Å². The lowest BCUT2D eigenvalue weighted by molar-refractivity contribution is -0.117. The van der Waals surface area contributed by atoms with Gasteiger partial charge in [0.15, 0.2) is 0 Å². The Morgan fingerprint density at radius 2 is 1.89 bits per heavy atom. The molecule has 6 nitrogen and oxygen atoms in total. The highest BCUT2D eigenvalue weighted by atomic mass is 16.5. The molecule has 1 N–H and O–H groups in total. The molecule has 140 valence electrons. The Hall–Kier alpha value is -3.02. The van der Waals surface area contributed by atoms with Gasteiger partial charge in [0.2, 0.25) is 5.91 Å². The SMILES string of the molecule is CC1COc2ccccc2CN1C(=O)NCCN1C(=O)Cc2ccccc21. The van der Waals surface area contributed by atoms with E-state index in [1.54, 1.807) is 9.80 Å². The molecule has 2 aromatic rings. The molecular weight excluding hydrogens is 342 g/mol. The van der Waals surface area contributed by atoms with Crippen molar-refractivity contribution in [3.63, 3.8) is 0 Å². The zero-order valence-corrected chi connectivity index (χ0v) is 15.4. The minimum absolute atomic E-state index is 0.0356. The van der Waals surface area contributed by atoms with Crippen molar-refractivity contribution in [3.8, 4) is 5.75 Å². The van der Waals surface area contributed by atoms with Gasteiger partial charge in [-0.05, 0) is 24.6 Å². The summed E-state index contributed by atoms with van der Waals surface area (Å²) < 4.78 is 5.81. The summed E-state index contributed by atoms with van der Waals surface area (Å²) in [6.45, 7) is 3.82. The third kappa shape index (κ3) is 3.47. The molecule has 1 atom stereocenters. The number of fused-ring (bicyclic) bond motifs is 2. The summed E-state index contributed by atoms with van der Waals surface area (Å²) in [5, 5.41) is 2.96. The molecule has 0 fully saturated rings. The molecule has 2 aromatic carbocycles. The number of nitrogens with one attached hydrogen (secondary N) is 1. The van der Waals surface area contributed by atoms with Crippen molar-refractivity contribution in [2.24, 2.45) is 0 Å². The van der Waals surface area contributed by atoms with Crippen molar-refractivity contribution >= 4 is 17.6 Å². The summed E-state index contributed by atoms with van der Waals surface area (Å²) in [7, 11) is 0. The third-order valence-electron chi connectivity index (χ3n) is 5.12. The predicted molar refractivity (Wildman–Crippen MR) is 103 cm³/mol. The van der Waals surface area contributed by atoms with Gasteiger partial charge in [-0.15, -0.1) is 0 Å². The van der Waals surface area contributed by atoms with E-state index in [0.29, 0.717) is 32.7 Å². The Balaban J connectivity index is 1.37. The Morgan fingerprint density at radius 3 is 2.74 bits per heavy atom. The maximum atomic E-state index is 12.7. The number of rotatable bonds is 3. The van der Waals surface area contributed by atoms with Gasteiger partial charge in [0.05, 0.1) is 19.0 Å². The number of amides is 3. The Morgan fingerprint density at radius 1 is 1.15 bits per heavy atom. The fourth-order valence-corrected chi connectivity index (χ4v) is 3.62. The second-order valence-electron chi connectivity index (χ2n) is 6.98. The van der Waals surface area contributed by atoms with E-state index >= 15 is 0 Å². The van der Waals surface area contributed by atoms with E-state index in [4.69, 9.17) is 4.74 Å². The van der Waals surface area contributed by atoms with Gasteiger partial charge in [0, 0.05) is 24.3 Å². The van der Waals surface area contributed by atoms with E-state index in [1.165, 1.54) is 0 Å². The zero-order valence-electron chi connectivity index (χ0n) is 15.4. The minimum Gasteiger partial charge on any atom is -0.491 e. The Bertz CT molecular complexity index is 867. The largest absolute Gasteiger partial charge is 0.491 e. The fourth-order valence-electron chi connectivity index (χ4n) is 3.62. The molecule has 1 unspecified atom stereocenters. The van der Waals surface area contributed by atoms with Crippen LogP contribution >= 0.6 is 0 Å². The summed E-state index contributed by atoms with van der Waals surface area (Å²) in [6.07, 6.45) is 0.432. The van der Waals surface area contributed by atoms with Gasteiger partial charge in [-0.3, -0.25) is 4.79 Å². The number of carbonyl (C=O) groups excluding carboxylic acids is 2. The number of hydrogen-bond acceptors (Lipinski definition) is 3. The van der Waals surface area contributed by atoms with Gasteiger partial charge in [-0.1, -0.05) is 36.4 Å². The van der Waals surface area contributed by atoms with Crippen LogP contribution in [0.2, 0.25) is 0 Å². The second kappa shape index (κ2) is 7.31. The highest BCUT2D eigenvalue weighted by Gasteiger charge is 2.28. The van der Waals surface area contributed by atoms with E-state index in [1.807, 2.05) is 55.5 Å². The molecule has 3 amide bonds. The van der Waals surface area contributed by atoms with Crippen LogP contribution in [0.15, 0.2) is 48.5 Å². The van der Waals surface area contributed by atoms with Crippen molar-refractivity contribution in [1.29, 1.82) is 0 Å². The van der Waals surface area contributed by atoms with Crippen LogP contribution in [0.1, 0.15) is 18.1 Å². The van der Waals surface area contributed by atoms with Crippen LogP contribution < -0.4 is 15.0 Å². The number of carbonyl (C=O) groups is 2. The van der Waals surface area contributed by atoms with Gasteiger partial charge in [0.1, 0.15) is 12.4 Å². The van der Waals surface area contributed by atoms with Crippen molar-refractivity contribution in [3.05, 3.63) is 59.7 Å². The molecule has 0 saturated heterocycles. The number of ether oxygens (including phenoxy) is 1. The summed E-state index contributed by atoms with van der Waals surface area (Å²) in [5.41, 5.74) is 2.99. The van der Waals surface area contributed by atoms with Gasteiger partial charge in [0.25, 0.3) is 0 Å². The van der Waals surface area contributed by atoms with E-state index in [-0.39, 0.29) is 18.0 Å². The quantitative estimate of drug-likeness (QED) is 0.909. The lowest BCUT2D eigenvalue weighted by Crippen LogP contribution is -2.47. The minimum atomic E-state index is -0.136. The lowest BCUT2D eigenvalue weighted by Gasteiger charge is -2.27. The molecule has 0 aliphatic carbocycles. The third-order valence-corrected chi connectivity index (χ3v) is 5.12. The molecule has 2 aliphatic rings. The van der Waals surface area contributed by atoms with Crippen molar-refractivity contribution in [2.45, 2.75) is 25.9 Å². The smallest absolute Gasteiger partial charge is 0.318 e. The highest BCUT2D eigenvalue weighted by molar-refractivity contribution is 6.01. The second-order valence-corrected chi connectivity index (χ2v) is 6.98. The van der Waals surface area contributed by atoms with Gasteiger partial charge >= 0.3 is 6.03 Å². The van der Waals surface area contributed by atoms with E-state index in [9.17, 15) is 9.59 Å². The standard InChI is InChI=1S/C21H23N3O3/c1-15-14-27-19-9-5-3-7-17(19)13-24(15)21(26)22-10-11-23-18-8-4-2-6-16(18)12-20(23)25/h2-9,15H,10-14H2,1H3,(H,22,26). The predicted octanol–water partition coefficient (Wildman–Crippen LogP) is 2.57. The van der Waals surface area contributed by atoms with Crippen molar-refractivity contribution in [1.82, 2.24) is 10.2 Å². The van der Waals surface area contributed by atoms with Crippen LogP contribution in [0.5, 0.6) is 5.75 Å². The fraction of sp³-hybridized carbons (Fsp3) is 0.333. The molecule has 0 spiro atoms. The zero-order chi connectivity index (χ0) is 18.8. The van der Waals surface area contributed by atoms with Crippen LogP contribution in [0, 0.1) is 0 Å². The first kappa shape index (κ1) is 17.4. The normalized spacial score (nSPS) is 18.4. The molecular formula is C21H23N3O3. The number of benzene rings is 2. The van der Waals surface area contributed by atoms with Crippen molar-refractivity contribution in [2.75, 3.05) is 24.6 Å². The topological polar surface area (TPSA) is 61.9 Å². The average Bonchev–Trinajstić information content (AvgIpc) is 2.89. The first-order valence-electron chi connectivity index (χ1n) is 9.27. The molecule has 0 bridgehead atoms. The van der Waals surface area contributed by atoms with Crippen molar-refractivity contribution < 1.29 is 14.3 Å².